The summed E-state index contributed by atoms with van der Waals surface area (Å²) in [6, 6.07) is 18.8. The van der Waals surface area contributed by atoms with Crippen molar-refractivity contribution < 1.29 is 4.79 Å². The zero-order valence-corrected chi connectivity index (χ0v) is 20.1. The molecule has 1 saturated heterocycles. The van der Waals surface area contributed by atoms with E-state index < -0.39 is 0 Å². The van der Waals surface area contributed by atoms with Gasteiger partial charge in [0.05, 0.1) is 0 Å². The number of nitrogens with zero attached hydrogens (tertiary/aromatic N) is 4. The molecular formula is C28H31N5O. The topological polar surface area (TPSA) is 55.5 Å². The molecule has 2 aromatic heterocycles. The minimum absolute atomic E-state index is 0.0388. The Morgan fingerprint density at radius 2 is 1.65 bits per heavy atom. The van der Waals surface area contributed by atoms with Gasteiger partial charge in [-0.2, -0.15) is 0 Å². The molecule has 5 rings (SSSR count). The van der Waals surface area contributed by atoms with Gasteiger partial charge in [-0.3, -0.25) is 4.79 Å². The largest absolute Gasteiger partial charge is 0.369 e. The maximum absolute atomic E-state index is 12.4. The third kappa shape index (κ3) is 4.29. The number of H-pyrrole nitrogens is 1. The standard InChI is InChI=1S/C28H31N5O/c1-4-32(3)28(34)22-7-5-21(6-8-22)26-19-30-27-25(26)17-23(18-29-27)20-9-11-24(12-10-20)33-15-13-31(2)14-16-33/h5-12,17-19H,4,13-16H2,1-3H3,(H,29,30). The van der Waals surface area contributed by atoms with Crippen LogP contribution < -0.4 is 4.90 Å². The highest BCUT2D eigenvalue weighted by molar-refractivity contribution is 5.98. The molecule has 0 atom stereocenters. The maximum atomic E-state index is 12.4. The molecule has 0 aliphatic carbocycles. The van der Waals surface area contributed by atoms with Gasteiger partial charge in [-0.15, -0.1) is 0 Å². The van der Waals surface area contributed by atoms with Crippen LogP contribution in [0, 0.1) is 0 Å². The van der Waals surface area contributed by atoms with Crippen LogP contribution in [0.25, 0.3) is 33.3 Å². The maximum Gasteiger partial charge on any atom is 0.253 e. The van der Waals surface area contributed by atoms with Crippen molar-refractivity contribution in [1.29, 1.82) is 0 Å². The number of carbonyl (C=O) groups excluding carboxylic acids is 1. The van der Waals surface area contributed by atoms with Gasteiger partial charge in [-0.1, -0.05) is 24.3 Å². The van der Waals surface area contributed by atoms with Gasteiger partial charge in [0.15, 0.2) is 0 Å². The lowest BCUT2D eigenvalue weighted by Gasteiger charge is -2.34. The van der Waals surface area contributed by atoms with Crippen LogP contribution in [0.15, 0.2) is 67.0 Å². The van der Waals surface area contributed by atoms with Crippen molar-refractivity contribution in [3.05, 3.63) is 72.6 Å². The second-order valence-electron chi connectivity index (χ2n) is 9.06. The van der Waals surface area contributed by atoms with Gasteiger partial charge >= 0.3 is 0 Å². The highest BCUT2D eigenvalue weighted by atomic mass is 16.2. The summed E-state index contributed by atoms with van der Waals surface area (Å²) in [5, 5.41) is 1.07. The molecule has 6 heteroatoms. The molecule has 174 valence electrons. The quantitative estimate of drug-likeness (QED) is 0.474. The molecular weight excluding hydrogens is 422 g/mol. The van der Waals surface area contributed by atoms with E-state index in [0.29, 0.717) is 12.1 Å². The van der Waals surface area contributed by atoms with Crippen LogP contribution in [0.2, 0.25) is 0 Å². The lowest BCUT2D eigenvalue weighted by Crippen LogP contribution is -2.44. The molecule has 6 nitrogen and oxygen atoms in total. The number of amides is 1. The lowest BCUT2D eigenvalue weighted by molar-refractivity contribution is 0.0802. The Kier molecular flexibility index (Phi) is 6.07. The fraction of sp³-hybridized carbons (Fsp3) is 0.286. The molecule has 1 amide bonds. The number of nitrogens with one attached hydrogen (secondary N) is 1. The molecule has 2 aromatic carbocycles. The molecule has 0 bridgehead atoms. The first-order chi connectivity index (χ1) is 16.5. The summed E-state index contributed by atoms with van der Waals surface area (Å²) in [5.41, 5.74) is 7.23. The van der Waals surface area contributed by atoms with Crippen molar-refractivity contribution in [2.24, 2.45) is 0 Å². The Bertz CT molecular complexity index is 1280. The van der Waals surface area contributed by atoms with Gasteiger partial charge < -0.3 is 19.7 Å². The number of aromatic nitrogens is 2. The van der Waals surface area contributed by atoms with Crippen LogP contribution in [0.5, 0.6) is 0 Å². The van der Waals surface area contributed by atoms with Gasteiger partial charge in [0.25, 0.3) is 5.91 Å². The fourth-order valence-electron chi connectivity index (χ4n) is 4.49. The summed E-state index contributed by atoms with van der Waals surface area (Å²) in [6.45, 7) is 6.99. The molecule has 4 aromatic rings. The van der Waals surface area contributed by atoms with Crippen molar-refractivity contribution >= 4 is 22.6 Å². The smallest absolute Gasteiger partial charge is 0.253 e. The normalized spacial score (nSPS) is 14.5. The van der Waals surface area contributed by atoms with Crippen LogP contribution in [0.4, 0.5) is 5.69 Å². The molecule has 1 aliphatic rings. The first-order valence-electron chi connectivity index (χ1n) is 11.9. The first kappa shape index (κ1) is 22.2. The summed E-state index contributed by atoms with van der Waals surface area (Å²) in [5.74, 6) is 0.0388. The van der Waals surface area contributed by atoms with Crippen molar-refractivity contribution in [3.8, 4) is 22.3 Å². The van der Waals surface area contributed by atoms with Crippen LogP contribution in [-0.4, -0.2) is 72.5 Å². The number of fused-ring (bicyclic) bond motifs is 1. The van der Waals surface area contributed by atoms with E-state index in [-0.39, 0.29) is 5.91 Å². The molecule has 0 saturated carbocycles. The average Bonchev–Trinajstić information content (AvgIpc) is 3.32. The second-order valence-corrected chi connectivity index (χ2v) is 9.06. The molecule has 0 radical (unpaired) electrons. The Hall–Kier alpha value is -3.64. The number of carbonyl (C=O) groups is 1. The van der Waals surface area contributed by atoms with Gasteiger partial charge in [0.2, 0.25) is 0 Å². The molecule has 0 spiro atoms. The van der Waals surface area contributed by atoms with E-state index in [2.05, 4.69) is 57.1 Å². The van der Waals surface area contributed by atoms with E-state index in [1.54, 1.807) is 4.90 Å². The predicted molar refractivity (Wildman–Crippen MR) is 139 cm³/mol. The number of benzene rings is 2. The monoisotopic (exact) mass is 453 g/mol. The van der Waals surface area contributed by atoms with Crippen LogP contribution in [0.3, 0.4) is 0 Å². The summed E-state index contributed by atoms with van der Waals surface area (Å²) in [7, 11) is 4.00. The number of rotatable bonds is 5. The van der Waals surface area contributed by atoms with E-state index in [1.807, 2.05) is 50.6 Å². The van der Waals surface area contributed by atoms with E-state index in [0.717, 1.165) is 59.5 Å². The number of hydrogen-bond acceptors (Lipinski definition) is 4. The number of aromatic amines is 1. The van der Waals surface area contributed by atoms with Crippen LogP contribution in [-0.2, 0) is 0 Å². The van der Waals surface area contributed by atoms with Gasteiger partial charge in [-0.05, 0) is 55.4 Å². The molecule has 3 heterocycles. The van der Waals surface area contributed by atoms with E-state index in [1.165, 1.54) is 5.69 Å². The summed E-state index contributed by atoms with van der Waals surface area (Å²) in [6.07, 6.45) is 3.92. The number of likely N-dealkylation sites (N-methyl/N-ethyl adjacent to an activating group) is 1. The average molecular weight is 454 g/mol. The van der Waals surface area contributed by atoms with Crippen molar-refractivity contribution in [3.63, 3.8) is 0 Å². The Morgan fingerprint density at radius 3 is 2.32 bits per heavy atom. The Morgan fingerprint density at radius 1 is 0.971 bits per heavy atom. The van der Waals surface area contributed by atoms with Crippen LogP contribution >= 0.6 is 0 Å². The van der Waals surface area contributed by atoms with Crippen molar-refractivity contribution in [2.75, 3.05) is 51.7 Å². The second kappa shape index (κ2) is 9.31. The molecule has 1 N–H and O–H groups in total. The highest BCUT2D eigenvalue weighted by Crippen LogP contribution is 2.32. The van der Waals surface area contributed by atoms with Crippen molar-refractivity contribution in [2.45, 2.75) is 6.92 Å². The van der Waals surface area contributed by atoms with Gasteiger partial charge in [0.1, 0.15) is 5.65 Å². The molecule has 0 unspecified atom stereocenters. The molecule has 34 heavy (non-hydrogen) atoms. The molecule has 1 aliphatic heterocycles. The summed E-state index contributed by atoms with van der Waals surface area (Å²) < 4.78 is 0. The number of piperazine rings is 1. The number of anilines is 1. The number of hydrogen-bond donors (Lipinski definition) is 1. The minimum Gasteiger partial charge on any atom is -0.369 e. The Labute approximate surface area is 200 Å². The van der Waals surface area contributed by atoms with Crippen LogP contribution in [0.1, 0.15) is 17.3 Å². The summed E-state index contributed by atoms with van der Waals surface area (Å²) >= 11 is 0. The summed E-state index contributed by atoms with van der Waals surface area (Å²) in [4.78, 5) is 26.9. The van der Waals surface area contributed by atoms with Gasteiger partial charge in [-0.25, -0.2) is 4.98 Å². The van der Waals surface area contributed by atoms with E-state index in [9.17, 15) is 4.79 Å². The van der Waals surface area contributed by atoms with Crippen molar-refractivity contribution in [1.82, 2.24) is 19.8 Å². The third-order valence-corrected chi connectivity index (χ3v) is 6.86. The SMILES string of the molecule is CCN(C)C(=O)c1ccc(-c2c[nH]c3ncc(-c4ccc(N5CCN(C)CC5)cc4)cc23)cc1. The van der Waals surface area contributed by atoms with Gasteiger partial charge in [0, 0.05) is 79.9 Å². The van der Waals surface area contributed by atoms with E-state index in [4.69, 9.17) is 0 Å². The third-order valence-electron chi connectivity index (χ3n) is 6.86. The number of pyridine rings is 1. The fourth-order valence-corrected chi connectivity index (χ4v) is 4.49. The zero-order chi connectivity index (χ0) is 23.7. The zero-order valence-electron chi connectivity index (χ0n) is 20.1. The first-order valence-corrected chi connectivity index (χ1v) is 11.9. The Balaban J connectivity index is 1.41. The lowest BCUT2D eigenvalue weighted by atomic mass is 10.0. The van der Waals surface area contributed by atoms with E-state index >= 15 is 0 Å². The minimum atomic E-state index is 0.0388. The predicted octanol–water partition coefficient (Wildman–Crippen LogP) is 4.74. The highest BCUT2D eigenvalue weighted by Gasteiger charge is 2.15. The molecule has 1 fully saturated rings.